The number of hydrogen-bond acceptors (Lipinski definition) is 9. The number of fused-ring (bicyclic) bond motifs is 1. The van der Waals surface area contributed by atoms with E-state index in [0.29, 0.717) is 48.5 Å². The smallest absolute Gasteiger partial charge is 0.272 e. The molecule has 0 bridgehead atoms. The number of hydrogen-bond donors (Lipinski definition) is 1. The summed E-state index contributed by atoms with van der Waals surface area (Å²) in [5, 5.41) is 7.35. The van der Waals surface area contributed by atoms with E-state index in [1.54, 1.807) is 25.4 Å². The van der Waals surface area contributed by atoms with Gasteiger partial charge in [-0.05, 0) is 18.6 Å². The molecule has 0 saturated carbocycles. The van der Waals surface area contributed by atoms with Crippen LogP contribution in [0.1, 0.15) is 19.3 Å². The number of nitrogens with one attached hydrogen (secondary N) is 1. The van der Waals surface area contributed by atoms with Gasteiger partial charge in [-0.15, -0.1) is 0 Å². The van der Waals surface area contributed by atoms with E-state index in [0.717, 1.165) is 19.1 Å². The number of methoxy groups -OCH3 is 1. The number of aromatic amines is 1. The molecule has 160 valence electrons. The average Bonchev–Trinajstić information content (AvgIpc) is 3.36. The van der Waals surface area contributed by atoms with Crippen molar-refractivity contribution < 1.29 is 31.5 Å². The fourth-order valence-electron chi connectivity index (χ4n) is 3.01. The zero-order valence-electron chi connectivity index (χ0n) is 16.3. The van der Waals surface area contributed by atoms with E-state index in [4.69, 9.17) is 18.9 Å². The van der Waals surface area contributed by atoms with Gasteiger partial charge in [0.05, 0.1) is 43.5 Å². The van der Waals surface area contributed by atoms with Crippen LogP contribution in [0.5, 0.6) is 11.5 Å². The van der Waals surface area contributed by atoms with Crippen molar-refractivity contribution in [3.8, 4) is 11.5 Å². The molecule has 2 atom stereocenters. The van der Waals surface area contributed by atoms with Gasteiger partial charge in [-0.2, -0.15) is 13.5 Å². The molecule has 2 aliphatic rings. The van der Waals surface area contributed by atoms with Crippen molar-refractivity contribution in [1.82, 2.24) is 10.2 Å². The Morgan fingerprint density at radius 2 is 2.03 bits per heavy atom. The first-order chi connectivity index (χ1) is 13.9. The maximum absolute atomic E-state index is 11.7. The summed E-state index contributed by atoms with van der Waals surface area (Å²) in [7, 11) is -1.73. The summed E-state index contributed by atoms with van der Waals surface area (Å²) in [5.74, 6) is 1.07. The third-order valence-electron chi connectivity index (χ3n) is 4.32. The molecule has 11 heteroatoms. The van der Waals surface area contributed by atoms with Gasteiger partial charge < -0.3 is 18.9 Å². The van der Waals surface area contributed by atoms with Crippen molar-refractivity contribution in [3.05, 3.63) is 28.7 Å². The lowest BCUT2D eigenvalue weighted by atomic mass is 10.1. The van der Waals surface area contributed by atoms with Crippen LogP contribution in [0.4, 0.5) is 0 Å². The number of nitrogens with zero attached hydrogens (tertiary/aromatic N) is 1. The highest BCUT2D eigenvalue weighted by Gasteiger charge is 2.21. The van der Waals surface area contributed by atoms with Crippen molar-refractivity contribution >= 4 is 20.9 Å². The van der Waals surface area contributed by atoms with E-state index in [1.807, 2.05) is 0 Å². The standard InChI is InChI=1S/C13H14N2O4.C5H10O4S/c1-17-10-5-4-8-9(7-14-15-13(8)16)12(10)19-11-3-2-6-18-11;1-10(6,7)9-5-2-3-8-4-5/h4-5,7,11H,2-3,6H2,1H3,(H,15,16);5H,2-4H2,1H3. The maximum Gasteiger partial charge on any atom is 0.272 e. The highest BCUT2D eigenvalue weighted by molar-refractivity contribution is 7.86. The normalized spacial score (nSPS) is 21.6. The molecule has 29 heavy (non-hydrogen) atoms. The van der Waals surface area contributed by atoms with Crippen LogP contribution < -0.4 is 15.0 Å². The monoisotopic (exact) mass is 428 g/mol. The second-order valence-electron chi connectivity index (χ2n) is 6.60. The van der Waals surface area contributed by atoms with E-state index in [-0.39, 0.29) is 18.0 Å². The topological polar surface area (TPSA) is 126 Å². The molecule has 4 rings (SSSR count). The Kier molecular flexibility index (Phi) is 7.06. The Labute approximate surface area is 168 Å². The number of ether oxygens (including phenoxy) is 4. The first kappa shape index (κ1) is 21.5. The highest BCUT2D eigenvalue weighted by atomic mass is 32.2. The summed E-state index contributed by atoms with van der Waals surface area (Å²) in [5.41, 5.74) is -0.252. The number of H-pyrrole nitrogens is 1. The van der Waals surface area contributed by atoms with Crippen LogP contribution in [-0.4, -0.2) is 64.2 Å². The number of aromatic nitrogens is 2. The second-order valence-corrected chi connectivity index (χ2v) is 8.20. The van der Waals surface area contributed by atoms with Crippen LogP contribution in [0.3, 0.4) is 0 Å². The van der Waals surface area contributed by atoms with Crippen molar-refractivity contribution in [2.24, 2.45) is 0 Å². The van der Waals surface area contributed by atoms with Gasteiger partial charge in [-0.25, -0.2) is 5.10 Å². The van der Waals surface area contributed by atoms with Gasteiger partial charge in [0.25, 0.3) is 15.7 Å². The first-order valence-electron chi connectivity index (χ1n) is 9.16. The van der Waals surface area contributed by atoms with Gasteiger partial charge in [0, 0.05) is 19.4 Å². The van der Waals surface area contributed by atoms with Crippen LogP contribution in [0.15, 0.2) is 23.1 Å². The first-order valence-corrected chi connectivity index (χ1v) is 11.0. The molecule has 3 heterocycles. The molecule has 2 unspecified atom stereocenters. The Morgan fingerprint density at radius 3 is 2.66 bits per heavy atom. The van der Waals surface area contributed by atoms with Crippen molar-refractivity contribution in [2.75, 3.05) is 33.2 Å². The van der Waals surface area contributed by atoms with Crippen LogP contribution in [0.2, 0.25) is 0 Å². The van der Waals surface area contributed by atoms with Gasteiger partial charge >= 0.3 is 0 Å². The molecule has 1 N–H and O–H groups in total. The molecule has 2 aromatic rings. The zero-order chi connectivity index (χ0) is 20.9. The minimum absolute atomic E-state index is 0.252. The predicted molar refractivity (Wildman–Crippen MR) is 104 cm³/mol. The van der Waals surface area contributed by atoms with Gasteiger partial charge in [0.1, 0.15) is 6.10 Å². The SMILES string of the molecule is COc1ccc2c(=O)[nH]ncc2c1OC1CCCO1.CS(=O)(=O)OC1CCOC1. The molecule has 0 radical (unpaired) electrons. The second kappa shape index (κ2) is 9.53. The third-order valence-corrected chi connectivity index (χ3v) is 4.94. The molecule has 0 spiro atoms. The molecule has 10 nitrogen and oxygen atoms in total. The van der Waals surface area contributed by atoms with Crippen molar-refractivity contribution in [1.29, 1.82) is 0 Å². The quantitative estimate of drug-likeness (QED) is 0.699. The molecular formula is C18H24N2O8S. The van der Waals surface area contributed by atoms with Gasteiger partial charge in [-0.3, -0.25) is 8.98 Å². The van der Waals surface area contributed by atoms with Crippen molar-refractivity contribution in [3.63, 3.8) is 0 Å². The summed E-state index contributed by atoms with van der Waals surface area (Å²) in [6, 6.07) is 3.40. The Morgan fingerprint density at radius 1 is 1.21 bits per heavy atom. The average molecular weight is 428 g/mol. The molecule has 2 aliphatic heterocycles. The third kappa shape index (κ3) is 5.89. The van der Waals surface area contributed by atoms with E-state index in [1.165, 1.54) is 0 Å². The summed E-state index contributed by atoms with van der Waals surface area (Å²) in [6.07, 6.45) is 4.53. The van der Waals surface area contributed by atoms with Gasteiger partial charge in [-0.1, -0.05) is 0 Å². The fourth-order valence-corrected chi connectivity index (χ4v) is 3.66. The lowest BCUT2D eigenvalue weighted by molar-refractivity contribution is -0.0393. The van der Waals surface area contributed by atoms with Crippen LogP contribution in [0, 0.1) is 0 Å². The summed E-state index contributed by atoms with van der Waals surface area (Å²) < 4.78 is 47.1. The fraction of sp³-hybridized carbons (Fsp3) is 0.556. The van der Waals surface area contributed by atoms with Gasteiger partial charge in [0.2, 0.25) is 0 Å². The highest BCUT2D eigenvalue weighted by Crippen LogP contribution is 2.35. The largest absolute Gasteiger partial charge is 0.493 e. The van der Waals surface area contributed by atoms with Crippen molar-refractivity contribution in [2.45, 2.75) is 31.7 Å². The Hall–Kier alpha value is -2.21. The molecule has 2 saturated heterocycles. The van der Waals surface area contributed by atoms with E-state index in [9.17, 15) is 13.2 Å². The number of rotatable bonds is 5. The minimum Gasteiger partial charge on any atom is -0.493 e. The summed E-state index contributed by atoms with van der Waals surface area (Å²) in [4.78, 5) is 11.7. The zero-order valence-corrected chi connectivity index (χ0v) is 17.1. The maximum atomic E-state index is 11.7. The van der Waals surface area contributed by atoms with Crippen LogP contribution in [-0.2, 0) is 23.8 Å². The van der Waals surface area contributed by atoms with E-state index in [2.05, 4.69) is 14.4 Å². The lowest BCUT2D eigenvalue weighted by Crippen LogP contribution is -2.16. The Bertz CT molecular complexity index is 979. The molecule has 0 aliphatic carbocycles. The van der Waals surface area contributed by atoms with Crippen LogP contribution in [0.25, 0.3) is 10.8 Å². The summed E-state index contributed by atoms with van der Waals surface area (Å²) in [6.45, 7) is 1.68. The van der Waals surface area contributed by atoms with Crippen LogP contribution >= 0.6 is 0 Å². The lowest BCUT2D eigenvalue weighted by Gasteiger charge is -2.16. The predicted octanol–water partition coefficient (Wildman–Crippen LogP) is 1.20. The summed E-state index contributed by atoms with van der Waals surface area (Å²) >= 11 is 0. The molecule has 1 aromatic carbocycles. The molecule has 2 fully saturated rings. The minimum atomic E-state index is -3.29. The van der Waals surface area contributed by atoms with E-state index >= 15 is 0 Å². The molecule has 1 aromatic heterocycles. The molecular weight excluding hydrogens is 404 g/mol. The number of benzene rings is 1. The molecule has 0 amide bonds. The Balaban J connectivity index is 0.000000204. The van der Waals surface area contributed by atoms with Gasteiger partial charge in [0.15, 0.2) is 17.8 Å². The van der Waals surface area contributed by atoms with E-state index < -0.39 is 10.1 Å².